The first-order valence-electron chi connectivity index (χ1n) is 12.5. The molecule has 0 radical (unpaired) electrons. The molecule has 10 nitrogen and oxygen atoms in total. The lowest BCUT2D eigenvalue weighted by molar-refractivity contribution is 0.0827. The molecule has 0 aliphatic carbocycles. The number of benzene rings is 2. The summed E-state index contributed by atoms with van der Waals surface area (Å²) in [5.74, 6) is 0.0564. The van der Waals surface area contributed by atoms with E-state index in [-0.39, 0.29) is 23.3 Å². The van der Waals surface area contributed by atoms with Crippen LogP contribution in [-0.2, 0) is 7.05 Å². The number of nitrogens with one attached hydrogen (secondary N) is 1. The van der Waals surface area contributed by atoms with Crippen LogP contribution in [0.4, 0.5) is 27.7 Å². The molecule has 5 rings (SSSR count). The standard InChI is InChI=1S/C29H29N7O3/c1-19-23(6-5-7-25(19)36-17-16-35(29(36)39)22-12-14-30-15-13-22)24-18-34(4)28(38)26(32-24)31-21-10-8-20(9-11-21)27(37)33(2)3/h5-15,18H,16-17H2,1-4H3,(H,31,32). The zero-order valence-electron chi connectivity index (χ0n) is 22.3. The predicted molar refractivity (Wildman–Crippen MR) is 152 cm³/mol. The van der Waals surface area contributed by atoms with Gasteiger partial charge in [-0.3, -0.25) is 24.4 Å². The van der Waals surface area contributed by atoms with Gasteiger partial charge in [0.2, 0.25) is 0 Å². The van der Waals surface area contributed by atoms with Gasteiger partial charge in [-0.2, -0.15) is 0 Å². The third kappa shape index (κ3) is 4.96. The Labute approximate surface area is 226 Å². The molecule has 198 valence electrons. The molecule has 3 amide bonds. The van der Waals surface area contributed by atoms with E-state index < -0.39 is 0 Å². The minimum atomic E-state index is -0.288. The second kappa shape index (κ2) is 10.4. The average molecular weight is 524 g/mol. The highest BCUT2D eigenvalue weighted by molar-refractivity contribution is 6.06. The van der Waals surface area contributed by atoms with Crippen LogP contribution in [0, 0.1) is 6.92 Å². The number of hydrogen-bond acceptors (Lipinski definition) is 6. The summed E-state index contributed by atoms with van der Waals surface area (Å²) in [6.07, 6.45) is 5.03. The van der Waals surface area contributed by atoms with Crippen molar-refractivity contribution in [2.45, 2.75) is 6.92 Å². The van der Waals surface area contributed by atoms with Crippen LogP contribution in [0.3, 0.4) is 0 Å². The van der Waals surface area contributed by atoms with Crippen LogP contribution in [0.2, 0.25) is 0 Å². The minimum absolute atomic E-state index is 0.103. The first kappa shape index (κ1) is 25.7. The van der Waals surface area contributed by atoms with Gasteiger partial charge in [-0.1, -0.05) is 12.1 Å². The molecule has 3 heterocycles. The summed E-state index contributed by atoms with van der Waals surface area (Å²) in [4.78, 5) is 52.1. The lowest BCUT2D eigenvalue weighted by Crippen LogP contribution is -2.32. The molecule has 39 heavy (non-hydrogen) atoms. The quantitative estimate of drug-likeness (QED) is 0.409. The molecule has 2 aromatic carbocycles. The summed E-state index contributed by atoms with van der Waals surface area (Å²) in [7, 11) is 5.07. The summed E-state index contributed by atoms with van der Waals surface area (Å²) < 4.78 is 1.48. The van der Waals surface area contributed by atoms with E-state index in [1.165, 1.54) is 9.47 Å². The molecule has 2 aromatic heterocycles. The van der Waals surface area contributed by atoms with Crippen LogP contribution < -0.4 is 20.7 Å². The molecule has 10 heteroatoms. The van der Waals surface area contributed by atoms with E-state index in [2.05, 4.69) is 15.3 Å². The van der Waals surface area contributed by atoms with Crippen molar-refractivity contribution < 1.29 is 9.59 Å². The van der Waals surface area contributed by atoms with E-state index in [9.17, 15) is 14.4 Å². The first-order valence-corrected chi connectivity index (χ1v) is 12.5. The lowest BCUT2D eigenvalue weighted by atomic mass is 10.0. The SMILES string of the molecule is Cc1c(-c2cn(C)c(=O)c(Nc3ccc(C(=O)N(C)C)cc3)n2)cccc1N1CCN(c2ccncc2)C1=O. The molecule has 1 aliphatic heterocycles. The molecular weight excluding hydrogens is 494 g/mol. The van der Waals surface area contributed by atoms with Gasteiger partial charge in [-0.15, -0.1) is 0 Å². The van der Waals surface area contributed by atoms with Gasteiger partial charge in [0.1, 0.15) is 0 Å². The normalized spacial score (nSPS) is 13.1. The number of anilines is 4. The van der Waals surface area contributed by atoms with Crippen molar-refractivity contribution in [3.05, 3.63) is 94.7 Å². The Morgan fingerprint density at radius 2 is 1.64 bits per heavy atom. The van der Waals surface area contributed by atoms with Crippen molar-refractivity contribution in [2.75, 3.05) is 42.3 Å². The number of hydrogen-bond donors (Lipinski definition) is 1. The number of nitrogens with zero attached hydrogens (tertiary/aromatic N) is 6. The smallest absolute Gasteiger partial charge is 0.329 e. The summed E-state index contributed by atoms with van der Waals surface area (Å²) in [5.41, 5.74) is 4.78. The van der Waals surface area contributed by atoms with E-state index in [0.29, 0.717) is 30.0 Å². The maximum Gasteiger partial charge on any atom is 0.329 e. The number of pyridine rings is 1. The molecule has 0 atom stereocenters. The number of urea groups is 1. The van der Waals surface area contributed by atoms with Gasteiger partial charge in [0.05, 0.1) is 5.69 Å². The first-order chi connectivity index (χ1) is 18.7. The largest absolute Gasteiger partial charge is 0.345 e. The fourth-order valence-electron chi connectivity index (χ4n) is 4.63. The number of carbonyl (C=O) groups is 2. The van der Waals surface area contributed by atoms with Crippen molar-refractivity contribution in [3.8, 4) is 11.3 Å². The maximum absolute atomic E-state index is 13.3. The molecule has 0 unspecified atom stereocenters. The molecule has 0 saturated carbocycles. The van der Waals surface area contributed by atoms with Gasteiger partial charge in [-0.25, -0.2) is 9.78 Å². The van der Waals surface area contributed by atoms with Crippen molar-refractivity contribution in [1.82, 2.24) is 19.4 Å². The van der Waals surface area contributed by atoms with Crippen LogP contribution in [0.5, 0.6) is 0 Å². The second-order valence-corrected chi connectivity index (χ2v) is 9.53. The van der Waals surface area contributed by atoms with Crippen molar-refractivity contribution in [2.24, 2.45) is 7.05 Å². The van der Waals surface area contributed by atoms with Crippen molar-refractivity contribution >= 4 is 34.8 Å². The predicted octanol–water partition coefficient (Wildman–Crippen LogP) is 4.04. The molecular formula is C29H29N7O3. The Hall–Kier alpha value is -4.99. The Balaban J connectivity index is 1.44. The van der Waals surface area contributed by atoms with E-state index in [4.69, 9.17) is 0 Å². The lowest BCUT2D eigenvalue weighted by Gasteiger charge is -2.22. The molecule has 1 saturated heterocycles. The van der Waals surface area contributed by atoms with Crippen molar-refractivity contribution in [1.29, 1.82) is 0 Å². The van der Waals surface area contributed by atoms with Gasteiger partial charge < -0.3 is 14.8 Å². The van der Waals surface area contributed by atoms with E-state index >= 15 is 0 Å². The highest BCUT2D eigenvalue weighted by Gasteiger charge is 2.32. The number of carbonyl (C=O) groups excluding carboxylic acids is 2. The topological polar surface area (TPSA) is 104 Å². The monoisotopic (exact) mass is 523 g/mol. The Bertz CT molecular complexity index is 1600. The fraction of sp³-hybridized carbons (Fsp3) is 0.207. The maximum atomic E-state index is 13.3. The molecule has 0 bridgehead atoms. The molecule has 0 spiro atoms. The zero-order valence-corrected chi connectivity index (χ0v) is 22.3. The molecule has 4 aromatic rings. The molecule has 1 fully saturated rings. The van der Waals surface area contributed by atoms with Gasteiger partial charge in [-0.05, 0) is 55.0 Å². The Kier molecular flexibility index (Phi) is 6.84. The Morgan fingerprint density at radius 1 is 0.949 bits per heavy atom. The number of rotatable bonds is 6. The number of aryl methyl sites for hydroxylation is 1. The van der Waals surface area contributed by atoms with Crippen molar-refractivity contribution in [3.63, 3.8) is 0 Å². The van der Waals surface area contributed by atoms with Crippen LogP contribution in [-0.4, -0.2) is 58.6 Å². The second-order valence-electron chi connectivity index (χ2n) is 9.53. The van der Waals surface area contributed by atoms with Gasteiger partial charge >= 0.3 is 6.03 Å². The minimum Gasteiger partial charge on any atom is -0.345 e. The summed E-state index contributed by atoms with van der Waals surface area (Å²) >= 11 is 0. The summed E-state index contributed by atoms with van der Waals surface area (Å²) in [6, 6.07) is 16.2. The third-order valence-electron chi connectivity index (χ3n) is 6.73. The zero-order chi connectivity index (χ0) is 27.7. The van der Waals surface area contributed by atoms with E-state index in [0.717, 1.165) is 22.5 Å². The highest BCUT2D eigenvalue weighted by atomic mass is 16.2. The van der Waals surface area contributed by atoms with Gasteiger partial charge in [0.25, 0.3) is 11.5 Å². The summed E-state index contributed by atoms with van der Waals surface area (Å²) in [6.45, 7) is 3.07. The average Bonchev–Trinajstić information content (AvgIpc) is 3.32. The Morgan fingerprint density at radius 3 is 2.33 bits per heavy atom. The van der Waals surface area contributed by atoms with E-state index in [1.807, 2.05) is 37.3 Å². The van der Waals surface area contributed by atoms with Gasteiger partial charge in [0.15, 0.2) is 5.82 Å². The number of amides is 3. The van der Waals surface area contributed by atoms with Crippen LogP contribution in [0.1, 0.15) is 15.9 Å². The van der Waals surface area contributed by atoms with Gasteiger partial charge in [0, 0.05) is 81.0 Å². The van der Waals surface area contributed by atoms with Crippen LogP contribution in [0.15, 0.2) is 78.0 Å². The van der Waals surface area contributed by atoms with E-state index in [1.54, 1.807) is 73.8 Å². The highest BCUT2D eigenvalue weighted by Crippen LogP contribution is 2.33. The molecule has 1 N–H and O–H groups in total. The fourth-order valence-corrected chi connectivity index (χ4v) is 4.63. The summed E-state index contributed by atoms with van der Waals surface area (Å²) in [5, 5.41) is 3.09. The molecule has 1 aliphatic rings. The van der Waals surface area contributed by atoms with Crippen LogP contribution in [0.25, 0.3) is 11.3 Å². The van der Waals surface area contributed by atoms with Crippen LogP contribution >= 0.6 is 0 Å². The third-order valence-corrected chi connectivity index (χ3v) is 6.73. The number of aromatic nitrogens is 3.